The van der Waals surface area contributed by atoms with Crippen LogP contribution >= 0.6 is 0 Å². The van der Waals surface area contributed by atoms with Crippen molar-refractivity contribution in [2.24, 2.45) is 17.8 Å². The lowest BCUT2D eigenvalue weighted by Crippen LogP contribution is -2.38. The lowest BCUT2D eigenvalue weighted by molar-refractivity contribution is -0.137. The molecule has 4 atom stereocenters. The number of carboxylic acid groups (broad SMARTS) is 1. The van der Waals surface area contributed by atoms with E-state index in [1.54, 1.807) is 0 Å². The number of hydrogen-bond acceptors (Lipinski definition) is 4. The second-order valence-corrected chi connectivity index (χ2v) is 9.76. The molecule has 0 aromatic rings. The fourth-order valence-corrected chi connectivity index (χ4v) is 4.92. The van der Waals surface area contributed by atoms with Gasteiger partial charge >= 0.3 is 5.97 Å². The van der Waals surface area contributed by atoms with E-state index in [9.17, 15) is 9.90 Å². The Kier molecular flexibility index (Phi) is 11.0. The molecule has 0 spiro atoms. The summed E-state index contributed by atoms with van der Waals surface area (Å²) < 4.78 is 6.04. The smallest absolute Gasteiger partial charge is 0.303 e. The summed E-state index contributed by atoms with van der Waals surface area (Å²) in [5.41, 5.74) is 4.40. The number of allylic oxidation sites excluding steroid dienone is 14. The Labute approximate surface area is 221 Å². The monoisotopic (exact) mass is 503 g/mol. The van der Waals surface area contributed by atoms with Gasteiger partial charge in [0.15, 0.2) is 0 Å². The van der Waals surface area contributed by atoms with E-state index >= 15 is 0 Å². The zero-order valence-corrected chi connectivity index (χ0v) is 22.3. The maximum Gasteiger partial charge on any atom is 0.303 e. The maximum absolute atomic E-state index is 11.3. The zero-order valence-electron chi connectivity index (χ0n) is 22.3. The summed E-state index contributed by atoms with van der Waals surface area (Å²) >= 11 is 0. The first kappa shape index (κ1) is 28.3. The molecule has 3 aliphatic rings. The summed E-state index contributed by atoms with van der Waals surface area (Å²) in [7, 11) is 0. The van der Waals surface area contributed by atoms with Crippen LogP contribution < -0.4 is 5.32 Å². The normalized spacial score (nSPS) is 23.2. The van der Waals surface area contributed by atoms with Gasteiger partial charge in [0.05, 0.1) is 0 Å². The summed E-state index contributed by atoms with van der Waals surface area (Å²) in [6.07, 6.45) is 29.3. The van der Waals surface area contributed by atoms with Gasteiger partial charge in [-0.05, 0) is 74.5 Å². The van der Waals surface area contributed by atoms with E-state index in [1.165, 1.54) is 5.57 Å². The molecule has 198 valence electrons. The second kappa shape index (κ2) is 14.4. The van der Waals surface area contributed by atoms with Crippen LogP contribution in [0.2, 0.25) is 0 Å². The highest BCUT2D eigenvalue weighted by molar-refractivity contribution is 5.66. The highest BCUT2D eigenvalue weighted by atomic mass is 16.5. The van der Waals surface area contributed by atoms with Gasteiger partial charge in [-0.2, -0.15) is 0 Å². The molecule has 4 unspecified atom stereocenters. The molecule has 3 rings (SSSR count). The third kappa shape index (κ3) is 8.36. The van der Waals surface area contributed by atoms with E-state index in [0.717, 1.165) is 41.9 Å². The van der Waals surface area contributed by atoms with Gasteiger partial charge in [-0.1, -0.05) is 67.7 Å². The predicted molar refractivity (Wildman–Crippen MR) is 150 cm³/mol. The molecule has 0 heterocycles. The van der Waals surface area contributed by atoms with Crippen molar-refractivity contribution in [2.45, 2.75) is 59.1 Å². The van der Waals surface area contributed by atoms with Crippen molar-refractivity contribution in [2.75, 3.05) is 6.61 Å². The van der Waals surface area contributed by atoms with Gasteiger partial charge in [-0.15, -0.1) is 0 Å². The molecule has 0 aromatic carbocycles. The Morgan fingerprint density at radius 3 is 2.81 bits per heavy atom. The highest BCUT2D eigenvalue weighted by Gasteiger charge is 2.27. The molecule has 5 nitrogen and oxygen atoms in total. The van der Waals surface area contributed by atoms with Crippen LogP contribution in [-0.2, 0) is 9.53 Å². The van der Waals surface area contributed by atoms with Crippen molar-refractivity contribution in [3.63, 3.8) is 0 Å². The number of aliphatic carboxylic acids is 1. The van der Waals surface area contributed by atoms with E-state index in [0.29, 0.717) is 18.9 Å². The van der Waals surface area contributed by atoms with Crippen LogP contribution in [0.4, 0.5) is 0 Å². The van der Waals surface area contributed by atoms with Crippen molar-refractivity contribution in [3.8, 4) is 0 Å². The predicted octanol–water partition coefficient (Wildman–Crippen LogP) is 6.67. The molecule has 0 saturated heterocycles. The van der Waals surface area contributed by atoms with Gasteiger partial charge in [0.2, 0.25) is 0 Å². The van der Waals surface area contributed by atoms with Crippen LogP contribution in [0.15, 0.2) is 107 Å². The SMILES string of the molecule is C\C=C/C(=C\C=C\C)OCC1=CCC(CCCC(=O)O)C(NC(O)C(C)C2=C3C=CC=CC3CC=C2)=C1. The molecule has 0 bridgehead atoms. The first-order valence-electron chi connectivity index (χ1n) is 13.3. The molecule has 0 aromatic heterocycles. The van der Waals surface area contributed by atoms with E-state index in [2.05, 4.69) is 60.8 Å². The Morgan fingerprint density at radius 1 is 1.22 bits per heavy atom. The van der Waals surface area contributed by atoms with Crippen molar-refractivity contribution >= 4 is 5.97 Å². The van der Waals surface area contributed by atoms with Crippen molar-refractivity contribution < 1.29 is 19.7 Å². The number of ether oxygens (including phenoxy) is 1. The Morgan fingerprint density at radius 2 is 2.05 bits per heavy atom. The summed E-state index contributed by atoms with van der Waals surface area (Å²) in [4.78, 5) is 11.1. The topological polar surface area (TPSA) is 78.8 Å². The summed E-state index contributed by atoms with van der Waals surface area (Å²) in [6.45, 7) is 6.39. The molecule has 37 heavy (non-hydrogen) atoms. The van der Waals surface area contributed by atoms with Gasteiger partial charge in [-0.3, -0.25) is 4.79 Å². The van der Waals surface area contributed by atoms with Gasteiger partial charge in [0.25, 0.3) is 0 Å². The molecular formula is C32H41NO4. The summed E-state index contributed by atoms with van der Waals surface area (Å²) in [5.74, 6) is 0.387. The average molecular weight is 504 g/mol. The molecule has 0 saturated carbocycles. The maximum atomic E-state index is 11.3. The summed E-state index contributed by atoms with van der Waals surface area (Å²) in [5, 5.41) is 23.8. The molecule has 3 aliphatic carbocycles. The minimum absolute atomic E-state index is 0.110. The van der Waals surface area contributed by atoms with Crippen LogP contribution in [0.25, 0.3) is 0 Å². The highest BCUT2D eigenvalue weighted by Crippen LogP contribution is 2.35. The number of aliphatic hydroxyl groups excluding tert-OH is 1. The lowest BCUT2D eigenvalue weighted by Gasteiger charge is -2.32. The van der Waals surface area contributed by atoms with Gasteiger partial charge in [0, 0.05) is 29.9 Å². The molecule has 0 amide bonds. The van der Waals surface area contributed by atoms with E-state index in [-0.39, 0.29) is 18.3 Å². The lowest BCUT2D eigenvalue weighted by atomic mass is 9.79. The van der Waals surface area contributed by atoms with Crippen LogP contribution in [0.1, 0.15) is 52.9 Å². The van der Waals surface area contributed by atoms with Crippen LogP contribution in [-0.4, -0.2) is 29.0 Å². The third-order valence-electron chi connectivity index (χ3n) is 7.01. The number of carbonyl (C=O) groups is 1. The minimum Gasteiger partial charge on any atom is -0.489 e. The van der Waals surface area contributed by atoms with E-state index in [4.69, 9.17) is 9.84 Å². The zero-order chi connectivity index (χ0) is 26.6. The van der Waals surface area contributed by atoms with Crippen LogP contribution in [0.3, 0.4) is 0 Å². The van der Waals surface area contributed by atoms with Crippen LogP contribution in [0.5, 0.6) is 0 Å². The molecule has 3 N–H and O–H groups in total. The second-order valence-electron chi connectivity index (χ2n) is 9.76. The molecule has 0 fully saturated rings. The summed E-state index contributed by atoms with van der Waals surface area (Å²) in [6, 6.07) is 0. The van der Waals surface area contributed by atoms with Gasteiger partial charge in [0.1, 0.15) is 18.6 Å². The Hall–Kier alpha value is -3.31. The van der Waals surface area contributed by atoms with Crippen molar-refractivity contribution in [1.82, 2.24) is 5.32 Å². The first-order valence-corrected chi connectivity index (χ1v) is 13.3. The Bertz CT molecular complexity index is 1080. The van der Waals surface area contributed by atoms with Gasteiger partial charge in [-0.25, -0.2) is 0 Å². The fraction of sp³-hybridized carbons (Fsp3) is 0.406. The number of carboxylic acids is 1. The third-order valence-corrected chi connectivity index (χ3v) is 7.01. The van der Waals surface area contributed by atoms with Crippen molar-refractivity contribution in [3.05, 3.63) is 107 Å². The van der Waals surface area contributed by atoms with Crippen molar-refractivity contribution in [1.29, 1.82) is 0 Å². The fourth-order valence-electron chi connectivity index (χ4n) is 4.92. The molecule has 0 radical (unpaired) electrons. The number of hydrogen-bond donors (Lipinski definition) is 3. The molecule has 0 aliphatic heterocycles. The first-order chi connectivity index (χ1) is 17.9. The average Bonchev–Trinajstić information content (AvgIpc) is 2.90. The minimum atomic E-state index is -0.779. The largest absolute Gasteiger partial charge is 0.489 e. The standard InChI is InChI=1S/C32H41NO4/c1-4-6-15-27(11-5-2)37-22-24-19-20-26(14-10-18-31(34)35)30(21-24)33-32(36)23(3)28-17-9-13-25-12-7-8-16-29(25)28/h4-9,11-12,15-17,19,21,23,25-26,32-33,36H,10,13-14,18,20,22H2,1-3H3,(H,34,35)/b6-4+,11-5-,27-15+. The quantitative estimate of drug-likeness (QED) is 0.149. The Balaban J connectivity index is 1.75. The number of fused-ring (bicyclic) bond motifs is 1. The number of aliphatic hydroxyl groups is 1. The molecular weight excluding hydrogens is 462 g/mol. The van der Waals surface area contributed by atoms with E-state index in [1.807, 2.05) is 44.2 Å². The number of nitrogens with one attached hydrogen (secondary N) is 1. The van der Waals surface area contributed by atoms with Gasteiger partial charge < -0.3 is 20.3 Å². The number of rotatable bonds is 13. The molecule has 5 heteroatoms. The van der Waals surface area contributed by atoms with Crippen LogP contribution in [0, 0.1) is 17.8 Å². The van der Waals surface area contributed by atoms with E-state index < -0.39 is 12.2 Å².